The van der Waals surface area contributed by atoms with Crippen LogP contribution in [-0.2, 0) is 10.0 Å². The fourth-order valence-electron chi connectivity index (χ4n) is 3.29. The molecule has 4 rings (SSSR count). The second kappa shape index (κ2) is 6.89. The number of rotatable bonds is 4. The summed E-state index contributed by atoms with van der Waals surface area (Å²) in [6, 6.07) is 3.51. The van der Waals surface area contributed by atoms with Gasteiger partial charge in [-0.2, -0.15) is 4.31 Å². The van der Waals surface area contributed by atoms with Crippen LogP contribution in [0.2, 0.25) is 0 Å². The molecule has 0 unspecified atom stereocenters. The highest BCUT2D eigenvalue weighted by Crippen LogP contribution is 2.24. The zero-order chi connectivity index (χ0) is 17.3. The molecule has 2 saturated heterocycles. The number of thiazole rings is 1. The summed E-state index contributed by atoms with van der Waals surface area (Å²) in [5.74, 6) is 0.833. The Morgan fingerprint density at radius 2 is 1.64 bits per heavy atom. The van der Waals surface area contributed by atoms with Gasteiger partial charge in [-0.3, -0.25) is 0 Å². The number of nitrogens with zero attached hydrogens (tertiary/aromatic N) is 5. The van der Waals surface area contributed by atoms with E-state index in [9.17, 15) is 8.42 Å². The van der Waals surface area contributed by atoms with Crippen LogP contribution in [0.1, 0.15) is 12.8 Å². The van der Waals surface area contributed by atoms with Crippen LogP contribution in [0.5, 0.6) is 0 Å². The van der Waals surface area contributed by atoms with Gasteiger partial charge in [-0.15, -0.1) is 11.3 Å². The average molecular weight is 380 g/mol. The van der Waals surface area contributed by atoms with Gasteiger partial charge >= 0.3 is 0 Å². The number of piperazine rings is 1. The molecule has 0 bridgehead atoms. The van der Waals surface area contributed by atoms with E-state index in [4.69, 9.17) is 0 Å². The normalized spacial score (nSPS) is 19.5. The van der Waals surface area contributed by atoms with Crippen molar-refractivity contribution in [3.8, 4) is 0 Å². The summed E-state index contributed by atoms with van der Waals surface area (Å²) in [7, 11) is -3.39. The number of hydrogen-bond acceptors (Lipinski definition) is 7. The van der Waals surface area contributed by atoms with E-state index in [1.165, 1.54) is 6.20 Å². The SMILES string of the molecule is O=S(=O)(c1ccc(N2CCN(c3nccs3)CC2)nc1)N1CCCC1. The monoisotopic (exact) mass is 379 g/mol. The number of aromatic nitrogens is 2. The minimum atomic E-state index is -3.39. The van der Waals surface area contributed by atoms with E-state index in [1.54, 1.807) is 21.7 Å². The Morgan fingerprint density at radius 1 is 0.920 bits per heavy atom. The van der Waals surface area contributed by atoms with Crippen molar-refractivity contribution in [1.29, 1.82) is 0 Å². The Balaban J connectivity index is 1.43. The Morgan fingerprint density at radius 3 is 2.24 bits per heavy atom. The van der Waals surface area contributed by atoms with E-state index >= 15 is 0 Å². The molecule has 4 heterocycles. The number of anilines is 2. The summed E-state index contributed by atoms with van der Waals surface area (Å²) < 4.78 is 26.7. The quantitative estimate of drug-likeness (QED) is 0.805. The minimum absolute atomic E-state index is 0.291. The third-order valence-electron chi connectivity index (χ3n) is 4.72. The molecule has 0 amide bonds. The van der Waals surface area contributed by atoms with Crippen LogP contribution in [0, 0.1) is 0 Å². The van der Waals surface area contributed by atoms with Crippen molar-refractivity contribution < 1.29 is 8.42 Å². The van der Waals surface area contributed by atoms with Crippen LogP contribution in [0.3, 0.4) is 0 Å². The smallest absolute Gasteiger partial charge is 0.244 e. The molecule has 0 aliphatic carbocycles. The van der Waals surface area contributed by atoms with Crippen LogP contribution in [0.25, 0.3) is 0 Å². The summed E-state index contributed by atoms with van der Waals surface area (Å²) in [5, 5.41) is 3.04. The van der Waals surface area contributed by atoms with Gasteiger partial charge in [0.25, 0.3) is 0 Å². The first-order chi connectivity index (χ1) is 12.1. The van der Waals surface area contributed by atoms with E-state index in [0.29, 0.717) is 18.0 Å². The zero-order valence-electron chi connectivity index (χ0n) is 13.9. The lowest BCUT2D eigenvalue weighted by Crippen LogP contribution is -2.46. The minimum Gasteiger partial charge on any atom is -0.353 e. The summed E-state index contributed by atoms with van der Waals surface area (Å²) in [6.07, 6.45) is 5.20. The molecule has 2 fully saturated rings. The fourth-order valence-corrected chi connectivity index (χ4v) is 5.45. The maximum atomic E-state index is 12.6. The molecule has 0 N–H and O–H groups in total. The summed E-state index contributed by atoms with van der Waals surface area (Å²) in [5.41, 5.74) is 0. The lowest BCUT2D eigenvalue weighted by atomic mass is 10.3. The van der Waals surface area contributed by atoms with Crippen molar-refractivity contribution in [3.05, 3.63) is 29.9 Å². The molecule has 0 aromatic carbocycles. The molecule has 134 valence electrons. The van der Waals surface area contributed by atoms with Gasteiger partial charge in [0.05, 0.1) is 0 Å². The molecule has 0 atom stereocenters. The molecular weight excluding hydrogens is 358 g/mol. The summed E-state index contributed by atoms with van der Waals surface area (Å²) >= 11 is 1.65. The molecule has 0 spiro atoms. The molecule has 2 aromatic heterocycles. The largest absolute Gasteiger partial charge is 0.353 e. The Labute approximate surface area is 152 Å². The third-order valence-corrected chi connectivity index (χ3v) is 7.43. The highest BCUT2D eigenvalue weighted by Gasteiger charge is 2.28. The third kappa shape index (κ3) is 3.36. The van der Waals surface area contributed by atoms with Gasteiger partial charge in [0, 0.05) is 57.0 Å². The molecule has 9 heteroatoms. The predicted octanol–water partition coefficient (Wildman–Crippen LogP) is 1.65. The molecule has 0 radical (unpaired) electrons. The standard InChI is InChI=1S/C16H21N5O2S2/c22-25(23,21-6-1-2-7-21)14-3-4-15(18-13-14)19-8-10-20(11-9-19)16-17-5-12-24-16/h3-5,12-13H,1-2,6-11H2. The van der Waals surface area contributed by atoms with E-state index in [1.807, 2.05) is 17.6 Å². The van der Waals surface area contributed by atoms with Crippen molar-refractivity contribution in [2.45, 2.75) is 17.7 Å². The number of pyridine rings is 1. The maximum absolute atomic E-state index is 12.6. The first-order valence-corrected chi connectivity index (χ1v) is 10.8. The van der Waals surface area contributed by atoms with E-state index < -0.39 is 10.0 Å². The first-order valence-electron chi connectivity index (χ1n) is 8.50. The highest BCUT2D eigenvalue weighted by molar-refractivity contribution is 7.89. The zero-order valence-corrected chi connectivity index (χ0v) is 15.5. The molecule has 2 aromatic rings. The van der Waals surface area contributed by atoms with Gasteiger partial charge in [-0.1, -0.05) is 0 Å². The lowest BCUT2D eigenvalue weighted by molar-refractivity contribution is 0.477. The van der Waals surface area contributed by atoms with Crippen LogP contribution >= 0.6 is 11.3 Å². The van der Waals surface area contributed by atoms with Crippen LogP contribution in [0.4, 0.5) is 10.9 Å². The average Bonchev–Trinajstić information content (AvgIpc) is 3.36. The molecule has 7 nitrogen and oxygen atoms in total. The van der Waals surface area contributed by atoms with Gasteiger partial charge in [0.15, 0.2) is 5.13 Å². The summed E-state index contributed by atoms with van der Waals surface area (Å²) in [6.45, 7) is 4.72. The van der Waals surface area contributed by atoms with Gasteiger partial charge < -0.3 is 9.80 Å². The highest BCUT2D eigenvalue weighted by atomic mass is 32.2. The molecule has 0 saturated carbocycles. The van der Waals surface area contributed by atoms with Gasteiger partial charge in [0.2, 0.25) is 10.0 Å². The van der Waals surface area contributed by atoms with Crippen molar-refractivity contribution in [2.24, 2.45) is 0 Å². The van der Waals surface area contributed by atoms with Crippen molar-refractivity contribution in [1.82, 2.24) is 14.3 Å². The second-order valence-electron chi connectivity index (χ2n) is 6.25. The first kappa shape index (κ1) is 16.7. The predicted molar refractivity (Wildman–Crippen MR) is 98.8 cm³/mol. The second-order valence-corrected chi connectivity index (χ2v) is 9.06. The molecule has 2 aliphatic rings. The molecule has 2 aliphatic heterocycles. The van der Waals surface area contributed by atoms with E-state index in [2.05, 4.69) is 19.8 Å². The van der Waals surface area contributed by atoms with E-state index in [0.717, 1.165) is 50.0 Å². The molecular formula is C16H21N5O2S2. The summed E-state index contributed by atoms with van der Waals surface area (Å²) in [4.78, 5) is 13.5. The van der Waals surface area contributed by atoms with Gasteiger partial charge in [0.1, 0.15) is 10.7 Å². The number of sulfonamides is 1. The van der Waals surface area contributed by atoms with E-state index in [-0.39, 0.29) is 0 Å². The van der Waals surface area contributed by atoms with Crippen LogP contribution in [-0.4, -0.2) is 62.0 Å². The Hall–Kier alpha value is -1.71. The van der Waals surface area contributed by atoms with Crippen molar-refractivity contribution in [3.63, 3.8) is 0 Å². The van der Waals surface area contributed by atoms with Gasteiger partial charge in [-0.25, -0.2) is 18.4 Å². The molecule has 25 heavy (non-hydrogen) atoms. The fraction of sp³-hybridized carbons (Fsp3) is 0.500. The number of hydrogen-bond donors (Lipinski definition) is 0. The van der Waals surface area contributed by atoms with Crippen LogP contribution < -0.4 is 9.80 Å². The maximum Gasteiger partial charge on any atom is 0.244 e. The van der Waals surface area contributed by atoms with Crippen molar-refractivity contribution in [2.75, 3.05) is 49.1 Å². The Bertz CT molecular complexity index is 794. The van der Waals surface area contributed by atoms with Crippen LogP contribution in [0.15, 0.2) is 34.8 Å². The van der Waals surface area contributed by atoms with Gasteiger partial charge in [-0.05, 0) is 25.0 Å². The Kier molecular flexibility index (Phi) is 4.61. The topological polar surface area (TPSA) is 69.6 Å². The van der Waals surface area contributed by atoms with Crippen molar-refractivity contribution >= 4 is 32.3 Å². The lowest BCUT2D eigenvalue weighted by Gasteiger charge is -2.35.